The molecule has 48 heavy (non-hydrogen) atoms. The Balaban J connectivity index is 1.27. The number of aliphatic hydroxyl groups is 1. The van der Waals surface area contributed by atoms with E-state index in [4.69, 9.17) is 14.2 Å². The quantitative estimate of drug-likeness (QED) is 0.179. The monoisotopic (exact) mass is 662 g/mol. The molecule has 7 heteroatoms. The molecule has 6 rings (SSSR count). The third-order valence-corrected chi connectivity index (χ3v) is 15.3. The first-order chi connectivity index (χ1) is 22.4. The number of carboxylic acids is 1. The number of allylic oxidation sites excluding steroid dienone is 2. The number of methoxy groups -OCH3 is 2. The molecule has 0 aliphatic heterocycles. The van der Waals surface area contributed by atoms with E-state index in [1.807, 2.05) is 6.07 Å². The summed E-state index contributed by atoms with van der Waals surface area (Å²) in [6.45, 7) is 16.3. The van der Waals surface area contributed by atoms with Gasteiger partial charge < -0.3 is 24.4 Å². The molecule has 5 aliphatic rings. The van der Waals surface area contributed by atoms with Crippen molar-refractivity contribution in [3.8, 4) is 11.5 Å². The van der Waals surface area contributed by atoms with Gasteiger partial charge in [-0.25, -0.2) is 4.79 Å². The van der Waals surface area contributed by atoms with Crippen LogP contribution in [0, 0.1) is 50.2 Å². The van der Waals surface area contributed by atoms with E-state index in [-0.39, 0.29) is 33.7 Å². The number of aliphatic hydroxyl groups excluding tert-OH is 1. The number of carbonyl (C=O) groups excluding carboxylic acids is 1. The van der Waals surface area contributed by atoms with Gasteiger partial charge >= 0.3 is 11.9 Å². The summed E-state index contributed by atoms with van der Waals surface area (Å²) in [5.41, 5.74) is 0.716. The van der Waals surface area contributed by atoms with E-state index in [0.717, 1.165) is 44.1 Å². The number of ether oxygens (including phenoxy) is 3. The highest BCUT2D eigenvalue weighted by molar-refractivity contribution is 5.87. The minimum Gasteiger partial charge on any atom is -0.493 e. The topological polar surface area (TPSA) is 102 Å². The molecule has 0 heterocycles. The van der Waals surface area contributed by atoms with E-state index in [9.17, 15) is 19.8 Å². The lowest BCUT2D eigenvalue weighted by molar-refractivity contribution is -0.210. The van der Waals surface area contributed by atoms with Crippen LogP contribution in [0.15, 0.2) is 35.9 Å². The van der Waals surface area contributed by atoms with Crippen LogP contribution in [0.5, 0.6) is 11.5 Å². The molecule has 1 aromatic rings. The Morgan fingerprint density at radius 2 is 1.58 bits per heavy atom. The van der Waals surface area contributed by atoms with E-state index >= 15 is 0 Å². The molecule has 0 saturated heterocycles. The predicted octanol–water partition coefficient (Wildman–Crippen LogP) is 8.49. The summed E-state index contributed by atoms with van der Waals surface area (Å²) in [6, 6.07) is 5.42. The highest BCUT2D eigenvalue weighted by Crippen LogP contribution is 2.75. The van der Waals surface area contributed by atoms with Crippen LogP contribution in [0.1, 0.15) is 112 Å². The molecule has 7 nitrogen and oxygen atoms in total. The zero-order valence-electron chi connectivity index (χ0n) is 30.7. The molecule has 0 unspecified atom stereocenters. The maximum absolute atomic E-state index is 13.4. The molecular formula is C41H58O7. The lowest BCUT2D eigenvalue weighted by Gasteiger charge is -2.71. The van der Waals surface area contributed by atoms with Crippen LogP contribution in [0.2, 0.25) is 0 Å². The van der Waals surface area contributed by atoms with E-state index in [1.165, 1.54) is 11.6 Å². The van der Waals surface area contributed by atoms with E-state index in [2.05, 4.69) is 54.5 Å². The molecule has 0 bridgehead atoms. The van der Waals surface area contributed by atoms with Crippen LogP contribution in [0.4, 0.5) is 0 Å². The van der Waals surface area contributed by atoms with E-state index in [0.29, 0.717) is 42.6 Å². The van der Waals surface area contributed by atoms with Gasteiger partial charge in [0.1, 0.15) is 6.10 Å². The number of benzene rings is 1. The van der Waals surface area contributed by atoms with Crippen LogP contribution < -0.4 is 9.47 Å². The van der Waals surface area contributed by atoms with Crippen LogP contribution in [0.3, 0.4) is 0 Å². The molecule has 4 fully saturated rings. The summed E-state index contributed by atoms with van der Waals surface area (Å²) < 4.78 is 16.8. The fraction of sp³-hybridized carbons (Fsp3) is 0.707. The molecule has 4 saturated carbocycles. The third-order valence-electron chi connectivity index (χ3n) is 15.3. The second-order valence-electron chi connectivity index (χ2n) is 18.0. The lowest BCUT2D eigenvalue weighted by Crippen LogP contribution is -2.65. The average Bonchev–Trinajstić information content (AvgIpc) is 3.02. The highest BCUT2D eigenvalue weighted by Gasteiger charge is 2.70. The Hall–Kier alpha value is -2.80. The van der Waals surface area contributed by atoms with Crippen LogP contribution in [0.25, 0.3) is 6.08 Å². The average molecular weight is 663 g/mol. The minimum atomic E-state index is -0.972. The van der Waals surface area contributed by atoms with Crippen LogP contribution in [-0.2, 0) is 14.3 Å². The fourth-order valence-corrected chi connectivity index (χ4v) is 12.1. The van der Waals surface area contributed by atoms with Crippen molar-refractivity contribution in [1.29, 1.82) is 0 Å². The summed E-state index contributed by atoms with van der Waals surface area (Å²) in [5, 5.41) is 22.0. The smallest absolute Gasteiger partial charge is 0.331 e. The van der Waals surface area contributed by atoms with Crippen molar-refractivity contribution in [2.75, 3.05) is 14.2 Å². The number of esters is 1. The summed E-state index contributed by atoms with van der Waals surface area (Å²) in [5.74, 6) is 0.797. The predicted molar refractivity (Wildman–Crippen MR) is 187 cm³/mol. The summed E-state index contributed by atoms with van der Waals surface area (Å²) in [4.78, 5) is 26.7. The molecule has 0 amide bonds. The molecular weight excluding hydrogens is 604 g/mol. The lowest BCUT2D eigenvalue weighted by atomic mass is 9.33. The van der Waals surface area contributed by atoms with Gasteiger partial charge in [0, 0.05) is 17.9 Å². The van der Waals surface area contributed by atoms with Gasteiger partial charge in [0.25, 0.3) is 0 Å². The number of hydrogen-bond acceptors (Lipinski definition) is 6. The molecule has 0 spiro atoms. The Morgan fingerprint density at radius 1 is 0.875 bits per heavy atom. The Morgan fingerprint density at radius 3 is 2.25 bits per heavy atom. The molecule has 264 valence electrons. The standard InChI is InChI=1S/C41H58O7/c1-36(2)23-27-26-12-14-31-38(5)18-17-32(42)37(3,4)30(38)16-19-40(31,7)39(26,6)20-21-41(27,35(44)45)24-33(36)48-34(43)15-11-25-10-13-28(46-8)29(22-25)47-9/h10-13,15,22,27,30-33,42H,14,16-21,23-24H2,1-9H3,(H,44,45)/b15-11+/t27-,30-,31+,32-,33-,38-,39+,40+,41+/m0/s1. The second-order valence-corrected chi connectivity index (χ2v) is 18.0. The van der Waals surface area contributed by atoms with Crippen molar-refractivity contribution in [3.05, 3.63) is 41.5 Å². The van der Waals surface area contributed by atoms with Crippen molar-refractivity contribution < 1.29 is 34.0 Å². The van der Waals surface area contributed by atoms with Gasteiger partial charge in [-0.15, -0.1) is 0 Å². The maximum atomic E-state index is 13.4. The van der Waals surface area contributed by atoms with Crippen molar-refractivity contribution in [2.24, 2.45) is 50.2 Å². The van der Waals surface area contributed by atoms with Gasteiger partial charge in [0.15, 0.2) is 11.5 Å². The van der Waals surface area contributed by atoms with Crippen molar-refractivity contribution in [3.63, 3.8) is 0 Å². The number of hydrogen-bond donors (Lipinski definition) is 2. The second kappa shape index (κ2) is 11.6. The molecule has 0 aromatic heterocycles. The van der Waals surface area contributed by atoms with Crippen LogP contribution >= 0.6 is 0 Å². The van der Waals surface area contributed by atoms with Gasteiger partial charge in [-0.3, -0.25) is 4.79 Å². The minimum absolute atomic E-state index is 0.0494. The van der Waals surface area contributed by atoms with Gasteiger partial charge in [-0.2, -0.15) is 0 Å². The van der Waals surface area contributed by atoms with Gasteiger partial charge in [0.2, 0.25) is 0 Å². The molecule has 1 aromatic carbocycles. The molecule has 5 aliphatic carbocycles. The molecule has 0 radical (unpaired) electrons. The van der Waals surface area contributed by atoms with Gasteiger partial charge in [-0.1, -0.05) is 66.2 Å². The SMILES string of the molecule is COc1ccc(/C=C/C(=O)O[C@H]2C[C@]3(C(=O)O)CC[C@]4(C)C(=CC[C@@H]5[C@@]6(C)CC[C@H](O)C(C)(C)[C@@H]6CC[C@]54C)[C@@H]3CC2(C)C)cc1OC. The first-order valence-electron chi connectivity index (χ1n) is 18.1. The number of carbonyl (C=O) groups is 2. The van der Waals surface area contributed by atoms with E-state index < -0.39 is 28.9 Å². The van der Waals surface area contributed by atoms with Crippen molar-refractivity contribution >= 4 is 18.0 Å². The highest BCUT2D eigenvalue weighted by atomic mass is 16.5. The number of fused-ring (bicyclic) bond motifs is 7. The number of rotatable bonds is 6. The zero-order valence-corrected chi connectivity index (χ0v) is 30.7. The Labute approximate surface area is 287 Å². The largest absolute Gasteiger partial charge is 0.493 e. The van der Waals surface area contributed by atoms with E-state index in [1.54, 1.807) is 32.4 Å². The zero-order chi connectivity index (χ0) is 35.1. The summed E-state index contributed by atoms with van der Waals surface area (Å²) in [6.07, 6.45) is 12.2. The van der Waals surface area contributed by atoms with Crippen LogP contribution in [-0.4, -0.2) is 48.6 Å². The summed E-state index contributed by atoms with van der Waals surface area (Å²) in [7, 11) is 3.15. The van der Waals surface area contributed by atoms with Gasteiger partial charge in [0.05, 0.1) is 25.7 Å². The number of carboxylic acid groups (broad SMARTS) is 1. The Kier molecular flexibility index (Phi) is 8.49. The maximum Gasteiger partial charge on any atom is 0.331 e. The summed E-state index contributed by atoms with van der Waals surface area (Å²) >= 11 is 0. The fourth-order valence-electron chi connectivity index (χ4n) is 12.1. The van der Waals surface area contributed by atoms with Gasteiger partial charge in [-0.05, 0) is 115 Å². The van der Waals surface area contributed by atoms with Crippen molar-refractivity contribution in [1.82, 2.24) is 0 Å². The molecule has 9 atom stereocenters. The first kappa shape index (κ1) is 35.0. The number of aliphatic carboxylic acids is 1. The third kappa shape index (κ3) is 4.99. The van der Waals surface area contributed by atoms with Crippen molar-refractivity contribution in [2.45, 2.75) is 118 Å². The Bertz CT molecular complexity index is 1520. The normalized spacial score (nSPS) is 41.1. The first-order valence-corrected chi connectivity index (χ1v) is 18.1. The molecule has 2 N–H and O–H groups in total.